The number of aryl methyl sites for hydroxylation is 1. The first-order valence-corrected chi connectivity index (χ1v) is 12.8. The van der Waals surface area contributed by atoms with Crippen LogP contribution in [-0.2, 0) is 13.1 Å². The van der Waals surface area contributed by atoms with Gasteiger partial charge in [0, 0.05) is 35.4 Å². The quantitative estimate of drug-likeness (QED) is 0.320. The minimum atomic E-state index is -0.366. The van der Waals surface area contributed by atoms with Crippen molar-refractivity contribution in [3.63, 3.8) is 0 Å². The Balaban J connectivity index is 1.22. The van der Waals surface area contributed by atoms with E-state index < -0.39 is 0 Å². The molecule has 5 aromatic heterocycles. The maximum absolute atomic E-state index is 13.3. The predicted molar refractivity (Wildman–Crippen MR) is 143 cm³/mol. The van der Waals surface area contributed by atoms with Crippen LogP contribution in [-0.4, -0.2) is 48.2 Å². The highest BCUT2D eigenvalue weighted by molar-refractivity contribution is 7.16. The van der Waals surface area contributed by atoms with Gasteiger partial charge in [-0.15, -0.1) is 0 Å². The summed E-state index contributed by atoms with van der Waals surface area (Å²) in [6.45, 7) is 2.61. The van der Waals surface area contributed by atoms with Crippen LogP contribution in [0.3, 0.4) is 0 Å². The minimum Gasteiger partial charge on any atom is -0.494 e. The first-order valence-electron chi connectivity index (χ1n) is 11.6. The Kier molecular flexibility index (Phi) is 6.01. The summed E-state index contributed by atoms with van der Waals surface area (Å²) in [7, 11) is 1.53. The highest BCUT2D eigenvalue weighted by Gasteiger charge is 2.29. The fraction of sp³-hybridized carbons (Fsp3) is 0.154. The van der Waals surface area contributed by atoms with Crippen LogP contribution in [0.5, 0.6) is 5.75 Å². The van der Waals surface area contributed by atoms with Gasteiger partial charge in [-0.3, -0.25) is 24.3 Å². The van der Waals surface area contributed by atoms with E-state index in [9.17, 15) is 9.59 Å². The van der Waals surface area contributed by atoms with E-state index in [1.165, 1.54) is 30.8 Å². The average molecular weight is 546 g/mol. The Morgan fingerprint density at radius 3 is 2.79 bits per heavy atom. The van der Waals surface area contributed by atoms with Gasteiger partial charge in [-0.25, -0.2) is 15.0 Å². The van der Waals surface area contributed by atoms with Gasteiger partial charge in [0.2, 0.25) is 0 Å². The van der Waals surface area contributed by atoms with Crippen LogP contribution in [0.1, 0.15) is 37.1 Å². The number of aromatic nitrogens is 5. The van der Waals surface area contributed by atoms with Gasteiger partial charge in [-0.2, -0.15) is 0 Å². The molecule has 0 aliphatic carbocycles. The Morgan fingerprint density at radius 2 is 1.97 bits per heavy atom. The van der Waals surface area contributed by atoms with Gasteiger partial charge in [0.25, 0.3) is 11.8 Å². The van der Waals surface area contributed by atoms with E-state index >= 15 is 0 Å². The van der Waals surface area contributed by atoms with Crippen LogP contribution in [0.4, 0.5) is 5.13 Å². The van der Waals surface area contributed by atoms with Crippen LogP contribution in [0.15, 0.2) is 55.1 Å². The number of amides is 2. The number of methoxy groups -OCH3 is 1. The van der Waals surface area contributed by atoms with Crippen molar-refractivity contribution >= 4 is 45.5 Å². The number of pyridine rings is 3. The maximum atomic E-state index is 13.3. The molecule has 1 N–H and O–H groups in total. The largest absolute Gasteiger partial charge is 0.494 e. The van der Waals surface area contributed by atoms with Gasteiger partial charge in [-0.1, -0.05) is 29.0 Å². The lowest BCUT2D eigenvalue weighted by molar-refractivity contribution is 0.0743. The van der Waals surface area contributed by atoms with Gasteiger partial charge in [0.1, 0.15) is 22.2 Å². The number of hydrogen-bond acceptors (Lipinski definition) is 8. The van der Waals surface area contributed by atoms with Crippen LogP contribution in [0.25, 0.3) is 16.8 Å². The summed E-state index contributed by atoms with van der Waals surface area (Å²) in [5.74, 6) is 0.0118. The van der Waals surface area contributed by atoms with Crippen molar-refractivity contribution in [3.8, 4) is 16.9 Å². The lowest BCUT2D eigenvalue weighted by Crippen LogP contribution is -2.27. The van der Waals surface area contributed by atoms with E-state index in [0.29, 0.717) is 52.0 Å². The fourth-order valence-electron chi connectivity index (χ4n) is 4.44. The lowest BCUT2D eigenvalue weighted by Gasteiger charge is -2.16. The maximum Gasteiger partial charge on any atom is 0.271 e. The molecule has 2 amide bonds. The molecule has 0 saturated heterocycles. The molecule has 6 heterocycles. The zero-order valence-corrected chi connectivity index (χ0v) is 21.9. The van der Waals surface area contributed by atoms with Crippen LogP contribution in [0, 0.1) is 6.92 Å². The Labute approximate surface area is 225 Å². The normalized spacial score (nSPS) is 12.6. The summed E-state index contributed by atoms with van der Waals surface area (Å²) in [6.07, 6.45) is 6.47. The molecule has 0 saturated carbocycles. The molecular weight excluding hydrogens is 526 g/mol. The van der Waals surface area contributed by atoms with E-state index in [4.69, 9.17) is 16.3 Å². The third-order valence-electron chi connectivity index (χ3n) is 6.24. The molecule has 0 aromatic carbocycles. The zero-order chi connectivity index (χ0) is 26.4. The number of nitrogens with zero attached hydrogens (tertiary/aromatic N) is 6. The number of anilines is 1. The molecule has 1 aliphatic heterocycles. The molecule has 0 unspecified atom stereocenters. The topological polar surface area (TPSA) is 115 Å². The summed E-state index contributed by atoms with van der Waals surface area (Å²) in [5, 5.41) is 3.62. The van der Waals surface area contributed by atoms with E-state index in [0.717, 1.165) is 16.3 Å². The highest BCUT2D eigenvalue weighted by atomic mass is 35.5. The number of imidazole rings is 1. The molecule has 0 bridgehead atoms. The molecule has 190 valence electrons. The number of carbonyl (C=O) groups is 2. The predicted octanol–water partition coefficient (Wildman–Crippen LogP) is 4.63. The molecule has 1 aliphatic rings. The van der Waals surface area contributed by atoms with Gasteiger partial charge < -0.3 is 9.64 Å². The molecule has 38 heavy (non-hydrogen) atoms. The number of fused-ring (bicyclic) bond motifs is 2. The van der Waals surface area contributed by atoms with Gasteiger partial charge >= 0.3 is 0 Å². The molecule has 0 radical (unpaired) electrons. The monoisotopic (exact) mass is 545 g/mol. The molecule has 0 fully saturated rings. The number of carbonyl (C=O) groups excluding carboxylic acids is 2. The number of rotatable bonds is 5. The third-order valence-corrected chi connectivity index (χ3v) is 7.44. The number of hydrogen-bond donors (Lipinski definition) is 1. The van der Waals surface area contributed by atoms with Crippen LogP contribution < -0.4 is 10.1 Å². The smallest absolute Gasteiger partial charge is 0.271 e. The first-order chi connectivity index (χ1) is 18.4. The number of ether oxygens (including phenoxy) is 1. The summed E-state index contributed by atoms with van der Waals surface area (Å²) in [5.41, 5.74) is 4.34. The van der Waals surface area contributed by atoms with Gasteiger partial charge in [-0.05, 0) is 31.2 Å². The van der Waals surface area contributed by atoms with Crippen molar-refractivity contribution in [1.29, 1.82) is 0 Å². The molecule has 0 atom stereocenters. The van der Waals surface area contributed by atoms with Crippen molar-refractivity contribution in [2.45, 2.75) is 20.0 Å². The summed E-state index contributed by atoms with van der Waals surface area (Å²) in [4.78, 5) is 46.4. The zero-order valence-electron chi connectivity index (χ0n) is 20.3. The van der Waals surface area contributed by atoms with Crippen molar-refractivity contribution < 1.29 is 14.3 Å². The van der Waals surface area contributed by atoms with Gasteiger partial charge in [0.15, 0.2) is 5.13 Å². The van der Waals surface area contributed by atoms with Crippen molar-refractivity contribution in [3.05, 3.63) is 87.8 Å². The highest BCUT2D eigenvalue weighted by Crippen LogP contribution is 2.35. The van der Waals surface area contributed by atoms with Crippen molar-refractivity contribution in [2.24, 2.45) is 0 Å². The molecule has 10 nitrogen and oxygen atoms in total. The number of halogens is 1. The summed E-state index contributed by atoms with van der Waals surface area (Å²) in [6, 6.07) is 8.90. The van der Waals surface area contributed by atoms with E-state index in [1.807, 2.05) is 19.1 Å². The average Bonchev–Trinajstić information content (AvgIpc) is 3.63. The second-order valence-corrected chi connectivity index (χ2v) is 10.1. The van der Waals surface area contributed by atoms with E-state index in [2.05, 4.69) is 25.3 Å². The van der Waals surface area contributed by atoms with Gasteiger partial charge in [0.05, 0.1) is 42.5 Å². The van der Waals surface area contributed by atoms with E-state index in [1.54, 1.807) is 39.9 Å². The van der Waals surface area contributed by atoms with Crippen molar-refractivity contribution in [2.75, 3.05) is 12.4 Å². The number of thiazole rings is 1. The molecule has 0 spiro atoms. The summed E-state index contributed by atoms with van der Waals surface area (Å²) >= 11 is 7.49. The molecule has 12 heteroatoms. The lowest BCUT2D eigenvalue weighted by atomic mass is 10.0. The Bertz CT molecular complexity index is 1710. The standard InChI is InChI=1S/C26H20ClN7O3S/c1-14-8-15(16-9-22(27)30-11-20(16)37-2)17(10-29-14)24(35)32-26-31-18-12-33(13-21(18)38-26)25(36)19-4-3-5-23-28-6-7-34(19)23/h3-11H,12-13H2,1-2H3,(H,31,32,35). The molecule has 6 rings (SSSR count). The van der Waals surface area contributed by atoms with Crippen LogP contribution >= 0.6 is 22.9 Å². The Hall–Kier alpha value is -4.35. The SMILES string of the molecule is COc1cnc(Cl)cc1-c1cc(C)ncc1C(=O)Nc1nc2c(s1)CN(C(=O)c1cccc3nccn13)C2. The second kappa shape index (κ2) is 9.51. The first kappa shape index (κ1) is 24.0. The fourth-order valence-corrected chi connectivity index (χ4v) is 5.58. The van der Waals surface area contributed by atoms with Crippen molar-refractivity contribution in [1.82, 2.24) is 29.2 Å². The molecule has 5 aromatic rings. The third kappa shape index (κ3) is 4.25. The van der Waals surface area contributed by atoms with Crippen LogP contribution in [0.2, 0.25) is 5.15 Å². The summed E-state index contributed by atoms with van der Waals surface area (Å²) < 4.78 is 7.22. The van der Waals surface area contributed by atoms with E-state index in [-0.39, 0.29) is 17.0 Å². The Morgan fingerprint density at radius 1 is 1.11 bits per heavy atom. The number of nitrogens with one attached hydrogen (secondary N) is 1. The minimum absolute atomic E-state index is 0.107. The molecular formula is C26H20ClN7O3S. The second-order valence-electron chi connectivity index (χ2n) is 8.65.